The molecule has 164 valence electrons. The minimum Gasteiger partial charge on any atom is -0.731 e. The van der Waals surface area contributed by atoms with Gasteiger partial charge in [0, 0.05) is 12.4 Å². The molecule has 2 atom stereocenters. The van der Waals surface area contributed by atoms with Crippen LogP contribution in [0.25, 0.3) is 0 Å². The second kappa shape index (κ2) is 11.2. The average Bonchev–Trinajstić information content (AvgIpc) is 3.13. The van der Waals surface area contributed by atoms with Gasteiger partial charge in [-0.25, -0.2) is 17.7 Å². The van der Waals surface area contributed by atoms with Crippen molar-refractivity contribution >= 4 is 67.7 Å². The molecule has 0 saturated carbocycles. The van der Waals surface area contributed by atoms with Crippen molar-refractivity contribution in [1.29, 1.82) is 0 Å². The van der Waals surface area contributed by atoms with Gasteiger partial charge in [0.2, 0.25) is 11.8 Å². The summed E-state index contributed by atoms with van der Waals surface area (Å²) in [5, 5.41) is 11.5. The zero-order valence-corrected chi connectivity index (χ0v) is 20.6. The number of rotatable bonds is 8. The fraction of sp³-hybridized carbons (Fsp3) is 0.385. The number of halogens is 1. The van der Waals surface area contributed by atoms with E-state index < -0.39 is 51.7 Å². The van der Waals surface area contributed by atoms with E-state index in [0.717, 1.165) is 25.5 Å². The first kappa shape index (κ1) is 27.2. The van der Waals surface area contributed by atoms with Gasteiger partial charge in [0.05, 0.1) is 0 Å². The van der Waals surface area contributed by atoms with Gasteiger partial charge in [-0.1, -0.05) is 5.16 Å². The molecule has 0 spiro atoms. The van der Waals surface area contributed by atoms with Gasteiger partial charge in [0.25, 0.3) is 11.8 Å². The third kappa shape index (κ3) is 6.12. The predicted molar refractivity (Wildman–Crippen MR) is 101 cm³/mol. The summed E-state index contributed by atoms with van der Waals surface area (Å²) < 4.78 is 33.5. The van der Waals surface area contributed by atoms with E-state index >= 15 is 0 Å². The zero-order valence-electron chi connectivity index (χ0n) is 16.2. The van der Waals surface area contributed by atoms with Crippen LogP contribution in [0.3, 0.4) is 0 Å². The van der Waals surface area contributed by atoms with Crippen molar-refractivity contribution in [2.75, 3.05) is 25.4 Å². The molecule has 0 aliphatic carbocycles. The van der Waals surface area contributed by atoms with E-state index in [2.05, 4.69) is 30.9 Å². The van der Waals surface area contributed by atoms with Crippen molar-refractivity contribution in [3.63, 3.8) is 0 Å². The van der Waals surface area contributed by atoms with Crippen molar-refractivity contribution in [3.8, 4) is 0 Å². The Morgan fingerprint density at radius 3 is 2.58 bits per heavy atom. The summed E-state index contributed by atoms with van der Waals surface area (Å²) in [6.45, 7) is 0. The number of hydrogen-bond donors (Lipinski definition) is 3. The smallest absolute Gasteiger partial charge is 0.731 e. The van der Waals surface area contributed by atoms with Crippen LogP contribution < -0.4 is 45.5 Å². The van der Waals surface area contributed by atoms with E-state index in [4.69, 9.17) is 11.6 Å². The van der Waals surface area contributed by atoms with Crippen LogP contribution in [-0.4, -0.2) is 83.7 Å². The Kier molecular flexibility index (Phi) is 9.80. The molecule has 2 heterocycles. The maximum Gasteiger partial charge on any atom is 1.00 e. The number of likely N-dealkylation sites (N-methyl/N-ethyl adjacent to an activating group) is 1. The molecular formula is C13H14ClN6NaO8S2. The molecule has 18 heteroatoms. The first-order chi connectivity index (χ1) is 14.0. The monoisotopic (exact) mass is 504 g/mol. The van der Waals surface area contributed by atoms with Crippen molar-refractivity contribution < 1.29 is 66.5 Å². The van der Waals surface area contributed by atoms with Gasteiger partial charge in [0.1, 0.15) is 24.7 Å². The van der Waals surface area contributed by atoms with E-state index in [0.29, 0.717) is 0 Å². The first-order valence-corrected chi connectivity index (χ1v) is 10.6. The number of nitrogens with one attached hydrogen (secondary N) is 3. The van der Waals surface area contributed by atoms with Gasteiger partial charge in [-0.3, -0.25) is 19.2 Å². The Morgan fingerprint density at radius 1 is 1.42 bits per heavy atom. The zero-order chi connectivity index (χ0) is 22.6. The Morgan fingerprint density at radius 2 is 2.06 bits per heavy atom. The van der Waals surface area contributed by atoms with E-state index in [1.807, 2.05) is 0 Å². The quantitative estimate of drug-likeness (QED) is 0.0771. The molecule has 1 aromatic rings. The Labute approximate surface area is 206 Å². The summed E-state index contributed by atoms with van der Waals surface area (Å²) in [6, 6.07) is -3.41. The topological polar surface area (TPSA) is 199 Å². The number of aromatic nitrogens is 1. The van der Waals surface area contributed by atoms with E-state index in [-0.39, 0.29) is 50.6 Å². The van der Waals surface area contributed by atoms with Crippen molar-refractivity contribution in [2.45, 2.75) is 12.1 Å². The average molecular weight is 505 g/mol. The normalized spacial score (nSPS) is 18.4. The second-order valence-electron chi connectivity index (χ2n) is 5.44. The number of alkyl halides is 1. The van der Waals surface area contributed by atoms with Gasteiger partial charge >= 0.3 is 29.6 Å². The Bertz CT molecular complexity index is 1020. The molecule has 1 fully saturated rings. The molecule has 1 aliphatic heterocycles. The van der Waals surface area contributed by atoms with Crippen LogP contribution in [0.4, 0.5) is 5.13 Å². The number of oxime groups is 1. The van der Waals surface area contributed by atoms with Crippen LogP contribution in [-0.2, 0) is 34.3 Å². The SMILES string of the molecule is CNC(=O)[C@H]1[C@@H](NC(=O)/C(=N\OC)c2csc(NC(=O)CCl)n2)C(=O)N1S(=O)(=O)[O-].[Na+]. The van der Waals surface area contributed by atoms with Crippen LogP contribution in [0.15, 0.2) is 10.5 Å². The van der Waals surface area contributed by atoms with E-state index in [1.54, 1.807) is 0 Å². The molecule has 0 unspecified atom stereocenters. The largest absolute Gasteiger partial charge is 1.00 e. The second-order valence-corrected chi connectivity index (χ2v) is 7.82. The Hall–Kier alpha value is -1.82. The molecule has 0 radical (unpaired) electrons. The number of carbonyl (C=O) groups is 4. The van der Waals surface area contributed by atoms with Crippen LogP contribution in [0.1, 0.15) is 5.69 Å². The van der Waals surface area contributed by atoms with Crippen LogP contribution >= 0.6 is 22.9 Å². The Balaban J connectivity index is 0.00000480. The molecular weight excluding hydrogens is 491 g/mol. The molecule has 2 rings (SSSR count). The standard InChI is InChI=1S/C13H15ClN6O8S2.Na/c1-15-11(23)9-8(12(24)20(9)30(25,26)27)18-10(22)7(19-28-2)5-4-29-13(16-5)17-6(21)3-14;/h4,8-9H,3H2,1-2H3,(H,15,23)(H,18,22)(H,16,17,21)(H,25,26,27);/q;+1/p-1/b19-7-;/t8-,9-;/m1./s1. The fourth-order valence-electron chi connectivity index (χ4n) is 2.36. The minimum atomic E-state index is -5.28. The molecule has 31 heavy (non-hydrogen) atoms. The number of hydrogen-bond acceptors (Lipinski definition) is 11. The van der Waals surface area contributed by atoms with Crippen LogP contribution in [0.2, 0.25) is 0 Å². The maximum atomic E-state index is 12.6. The third-order valence-corrected chi connectivity index (χ3v) is 5.50. The number of thiazole rings is 1. The minimum absolute atomic E-state index is 0. The summed E-state index contributed by atoms with van der Waals surface area (Å²) in [6.07, 6.45) is 0. The molecule has 3 N–H and O–H groups in total. The van der Waals surface area contributed by atoms with Gasteiger partial charge in [-0.2, -0.15) is 0 Å². The van der Waals surface area contributed by atoms with Crippen molar-refractivity contribution in [1.82, 2.24) is 19.9 Å². The maximum absolute atomic E-state index is 12.6. The molecule has 1 aliphatic rings. The van der Waals surface area contributed by atoms with Gasteiger partial charge in [-0.15, -0.1) is 22.9 Å². The van der Waals surface area contributed by atoms with Gasteiger partial charge in [0.15, 0.2) is 27.2 Å². The number of amides is 4. The van der Waals surface area contributed by atoms with Crippen LogP contribution in [0.5, 0.6) is 0 Å². The summed E-state index contributed by atoms with van der Waals surface area (Å²) in [5.74, 6) is -4.19. The molecule has 0 aromatic carbocycles. The third-order valence-electron chi connectivity index (χ3n) is 3.61. The predicted octanol–water partition coefficient (Wildman–Crippen LogP) is -5.42. The molecule has 0 bridgehead atoms. The fourth-order valence-corrected chi connectivity index (χ4v) is 3.96. The molecule has 14 nitrogen and oxygen atoms in total. The van der Waals surface area contributed by atoms with Crippen molar-refractivity contribution in [2.24, 2.45) is 5.16 Å². The summed E-state index contributed by atoms with van der Waals surface area (Å²) in [7, 11) is -2.99. The number of anilines is 1. The molecule has 4 amide bonds. The molecule has 1 aromatic heterocycles. The van der Waals surface area contributed by atoms with Crippen molar-refractivity contribution in [3.05, 3.63) is 11.1 Å². The van der Waals surface area contributed by atoms with Crippen LogP contribution in [0, 0.1) is 0 Å². The van der Waals surface area contributed by atoms with E-state index in [9.17, 15) is 32.1 Å². The number of carbonyl (C=O) groups excluding carboxylic acids is 4. The number of β-lactam (4-membered cyclic amide) rings is 1. The summed E-state index contributed by atoms with van der Waals surface area (Å²) >= 11 is 6.32. The first-order valence-electron chi connectivity index (χ1n) is 7.79. The molecule has 1 saturated heterocycles. The van der Waals surface area contributed by atoms with Gasteiger partial charge in [-0.05, 0) is 0 Å². The van der Waals surface area contributed by atoms with E-state index in [1.165, 1.54) is 5.38 Å². The number of nitrogens with zero attached hydrogens (tertiary/aromatic N) is 3. The van der Waals surface area contributed by atoms with Gasteiger partial charge < -0.3 is 25.3 Å². The summed E-state index contributed by atoms with van der Waals surface area (Å²) in [4.78, 5) is 56.4. The summed E-state index contributed by atoms with van der Waals surface area (Å²) in [5.41, 5.74) is -0.493.